The molecule has 0 aliphatic heterocycles. The smallest absolute Gasteiger partial charge is 0.138 e. The number of fused-ring (bicyclic) bond motifs is 1. The molecular formula is C20H22N6. The minimum atomic E-state index is 0.223. The van der Waals surface area contributed by atoms with Crippen molar-refractivity contribution in [2.75, 3.05) is 0 Å². The topological polar surface area (TPSA) is 60.6 Å². The standard InChI is InChI=1S/C20H22N6/c1-14-4-9-19-18(10-14)24-20(25(19)3)11-22-15(2)16-5-7-17(8-6-16)26-13-21-12-23-26/h4-10,12-13,15,22H,11H2,1-3H3. The summed E-state index contributed by atoms with van der Waals surface area (Å²) in [4.78, 5) is 8.75. The monoisotopic (exact) mass is 346 g/mol. The zero-order chi connectivity index (χ0) is 18.1. The van der Waals surface area contributed by atoms with Crippen LogP contribution in [0.3, 0.4) is 0 Å². The number of benzene rings is 2. The van der Waals surface area contributed by atoms with Crippen LogP contribution in [0.15, 0.2) is 55.1 Å². The third-order valence-corrected chi connectivity index (χ3v) is 4.77. The van der Waals surface area contributed by atoms with Gasteiger partial charge in [0.2, 0.25) is 0 Å². The van der Waals surface area contributed by atoms with E-state index in [2.05, 4.69) is 83.3 Å². The molecule has 0 aliphatic carbocycles. The normalized spacial score (nSPS) is 12.6. The second-order valence-corrected chi connectivity index (χ2v) is 6.61. The maximum absolute atomic E-state index is 4.77. The quantitative estimate of drug-likeness (QED) is 0.602. The molecule has 0 aliphatic rings. The number of hydrogen-bond acceptors (Lipinski definition) is 4. The summed E-state index contributed by atoms with van der Waals surface area (Å²) in [5.41, 5.74) is 5.68. The molecular weight excluding hydrogens is 324 g/mol. The van der Waals surface area contributed by atoms with Gasteiger partial charge in [-0.25, -0.2) is 14.6 Å². The van der Waals surface area contributed by atoms with E-state index in [1.54, 1.807) is 11.0 Å². The lowest BCUT2D eigenvalue weighted by atomic mass is 10.1. The minimum absolute atomic E-state index is 0.223. The summed E-state index contributed by atoms with van der Waals surface area (Å²) in [6, 6.07) is 15.0. The Morgan fingerprint density at radius 3 is 2.65 bits per heavy atom. The Kier molecular flexibility index (Phi) is 4.26. The summed E-state index contributed by atoms with van der Waals surface area (Å²) in [5, 5.41) is 7.72. The van der Waals surface area contributed by atoms with Gasteiger partial charge in [0, 0.05) is 13.1 Å². The molecule has 4 rings (SSSR count). The first-order valence-corrected chi connectivity index (χ1v) is 8.72. The lowest BCUT2D eigenvalue weighted by Crippen LogP contribution is -2.20. The van der Waals surface area contributed by atoms with E-state index in [1.165, 1.54) is 17.5 Å². The van der Waals surface area contributed by atoms with E-state index in [0.29, 0.717) is 0 Å². The first-order chi connectivity index (χ1) is 12.6. The van der Waals surface area contributed by atoms with Gasteiger partial charge in [-0.2, -0.15) is 5.10 Å². The number of nitrogens with zero attached hydrogens (tertiary/aromatic N) is 5. The molecule has 2 heterocycles. The molecule has 1 unspecified atom stereocenters. The predicted octanol–water partition coefficient (Wildman–Crippen LogP) is 3.31. The molecule has 4 aromatic rings. The van der Waals surface area contributed by atoms with Crippen molar-refractivity contribution in [3.05, 3.63) is 72.1 Å². The highest BCUT2D eigenvalue weighted by atomic mass is 15.3. The van der Waals surface area contributed by atoms with E-state index in [4.69, 9.17) is 4.98 Å². The highest BCUT2D eigenvalue weighted by Crippen LogP contribution is 2.18. The van der Waals surface area contributed by atoms with E-state index < -0.39 is 0 Å². The maximum Gasteiger partial charge on any atom is 0.138 e. The Morgan fingerprint density at radius 1 is 1.12 bits per heavy atom. The Balaban J connectivity index is 1.47. The van der Waals surface area contributed by atoms with Crippen molar-refractivity contribution in [3.63, 3.8) is 0 Å². The fourth-order valence-electron chi connectivity index (χ4n) is 3.14. The van der Waals surface area contributed by atoms with E-state index >= 15 is 0 Å². The minimum Gasteiger partial charge on any atom is -0.330 e. The molecule has 2 aromatic heterocycles. The second kappa shape index (κ2) is 6.72. The van der Waals surface area contributed by atoms with Crippen LogP contribution in [-0.2, 0) is 13.6 Å². The fraction of sp³-hybridized carbons (Fsp3) is 0.250. The van der Waals surface area contributed by atoms with Crippen LogP contribution in [0, 0.1) is 6.92 Å². The van der Waals surface area contributed by atoms with Crippen LogP contribution < -0.4 is 5.32 Å². The third-order valence-electron chi connectivity index (χ3n) is 4.77. The summed E-state index contributed by atoms with van der Waals surface area (Å²) in [7, 11) is 2.07. The van der Waals surface area contributed by atoms with Gasteiger partial charge in [-0.15, -0.1) is 0 Å². The molecule has 2 aromatic carbocycles. The van der Waals surface area contributed by atoms with Gasteiger partial charge in [0.1, 0.15) is 18.5 Å². The van der Waals surface area contributed by atoms with E-state index in [9.17, 15) is 0 Å². The number of aryl methyl sites for hydroxylation is 2. The maximum atomic E-state index is 4.77. The highest BCUT2D eigenvalue weighted by Gasteiger charge is 2.10. The Morgan fingerprint density at radius 2 is 1.92 bits per heavy atom. The van der Waals surface area contributed by atoms with E-state index in [1.807, 2.05) is 0 Å². The van der Waals surface area contributed by atoms with Crippen molar-refractivity contribution in [2.24, 2.45) is 7.05 Å². The second-order valence-electron chi connectivity index (χ2n) is 6.61. The van der Waals surface area contributed by atoms with Crippen molar-refractivity contribution < 1.29 is 0 Å². The SMILES string of the molecule is Cc1ccc2c(c1)nc(CNC(C)c1ccc(-n3cncn3)cc1)n2C. The molecule has 6 heteroatoms. The first-order valence-electron chi connectivity index (χ1n) is 8.72. The zero-order valence-corrected chi connectivity index (χ0v) is 15.2. The summed E-state index contributed by atoms with van der Waals surface area (Å²) in [5.74, 6) is 1.04. The van der Waals surface area contributed by atoms with Gasteiger partial charge in [-0.1, -0.05) is 18.2 Å². The number of rotatable bonds is 5. The van der Waals surface area contributed by atoms with E-state index in [0.717, 1.165) is 29.1 Å². The molecule has 0 spiro atoms. The van der Waals surface area contributed by atoms with Crippen LogP contribution >= 0.6 is 0 Å². The van der Waals surface area contributed by atoms with Gasteiger partial charge in [0.25, 0.3) is 0 Å². The lowest BCUT2D eigenvalue weighted by Gasteiger charge is -2.14. The van der Waals surface area contributed by atoms with Gasteiger partial charge in [0.05, 0.1) is 23.3 Å². The molecule has 132 valence electrons. The van der Waals surface area contributed by atoms with Crippen molar-refractivity contribution in [2.45, 2.75) is 26.4 Å². The number of imidazole rings is 1. The molecule has 6 nitrogen and oxygen atoms in total. The van der Waals surface area contributed by atoms with Crippen molar-refractivity contribution in [1.29, 1.82) is 0 Å². The molecule has 0 saturated heterocycles. The fourth-order valence-corrected chi connectivity index (χ4v) is 3.14. The van der Waals surface area contributed by atoms with Crippen LogP contribution in [0.5, 0.6) is 0 Å². The van der Waals surface area contributed by atoms with Gasteiger partial charge < -0.3 is 9.88 Å². The van der Waals surface area contributed by atoms with Gasteiger partial charge in [0.15, 0.2) is 0 Å². The van der Waals surface area contributed by atoms with Crippen molar-refractivity contribution in [1.82, 2.24) is 29.6 Å². The Labute approximate surface area is 152 Å². The van der Waals surface area contributed by atoms with Crippen molar-refractivity contribution in [3.8, 4) is 5.69 Å². The molecule has 0 saturated carbocycles. The number of aromatic nitrogens is 5. The molecule has 0 radical (unpaired) electrons. The molecule has 26 heavy (non-hydrogen) atoms. The van der Waals surface area contributed by atoms with Gasteiger partial charge in [-0.3, -0.25) is 0 Å². The summed E-state index contributed by atoms with van der Waals surface area (Å²) in [6.45, 7) is 4.98. The van der Waals surface area contributed by atoms with Crippen LogP contribution in [0.2, 0.25) is 0 Å². The molecule has 0 bridgehead atoms. The third kappa shape index (κ3) is 3.11. The first kappa shape index (κ1) is 16.5. The average molecular weight is 346 g/mol. The molecule has 1 N–H and O–H groups in total. The highest BCUT2D eigenvalue weighted by molar-refractivity contribution is 5.76. The van der Waals surface area contributed by atoms with Crippen LogP contribution in [0.1, 0.15) is 29.9 Å². The van der Waals surface area contributed by atoms with Gasteiger partial charge in [-0.05, 0) is 49.2 Å². The van der Waals surface area contributed by atoms with Crippen molar-refractivity contribution >= 4 is 11.0 Å². The van der Waals surface area contributed by atoms with Crippen LogP contribution in [0.25, 0.3) is 16.7 Å². The average Bonchev–Trinajstić information content (AvgIpc) is 3.28. The summed E-state index contributed by atoms with van der Waals surface area (Å²) >= 11 is 0. The van der Waals surface area contributed by atoms with Gasteiger partial charge >= 0.3 is 0 Å². The van der Waals surface area contributed by atoms with E-state index in [-0.39, 0.29) is 6.04 Å². The van der Waals surface area contributed by atoms with Crippen LogP contribution in [-0.4, -0.2) is 24.3 Å². The molecule has 1 atom stereocenters. The molecule has 0 amide bonds. The Hall–Kier alpha value is -2.99. The number of nitrogens with one attached hydrogen (secondary N) is 1. The zero-order valence-electron chi connectivity index (χ0n) is 15.2. The summed E-state index contributed by atoms with van der Waals surface area (Å²) in [6.07, 6.45) is 3.24. The predicted molar refractivity (Wildman–Crippen MR) is 102 cm³/mol. The van der Waals surface area contributed by atoms with Crippen LogP contribution in [0.4, 0.5) is 0 Å². The largest absolute Gasteiger partial charge is 0.330 e. The molecule has 0 fully saturated rings. The summed E-state index contributed by atoms with van der Waals surface area (Å²) < 4.78 is 3.91. The lowest BCUT2D eigenvalue weighted by molar-refractivity contribution is 0.551. The Bertz CT molecular complexity index is 1010. The number of hydrogen-bond donors (Lipinski definition) is 1.